The second-order valence-electron chi connectivity index (χ2n) is 6.23. The Hall–Kier alpha value is -3.41. The molecule has 0 spiro atoms. The van der Waals surface area contributed by atoms with Crippen LogP contribution in [-0.4, -0.2) is 30.9 Å². The van der Waals surface area contributed by atoms with Crippen LogP contribution in [0.4, 0.5) is 0 Å². The molecule has 0 unspecified atom stereocenters. The van der Waals surface area contributed by atoms with Gasteiger partial charge in [-0.25, -0.2) is 4.79 Å². The lowest BCUT2D eigenvalue weighted by Crippen LogP contribution is -2.21. The fourth-order valence-electron chi connectivity index (χ4n) is 2.52. The van der Waals surface area contributed by atoms with Crippen molar-refractivity contribution in [1.29, 1.82) is 0 Å². The summed E-state index contributed by atoms with van der Waals surface area (Å²) in [6, 6.07) is 14.9. The Morgan fingerprint density at radius 2 is 1.66 bits per heavy atom. The van der Waals surface area contributed by atoms with E-state index in [0.29, 0.717) is 17.9 Å². The maximum atomic E-state index is 12.4. The maximum absolute atomic E-state index is 12.4. The number of rotatable bonds is 9. The fraction of sp³-hybridized carbons (Fsp3) is 0.261. The van der Waals surface area contributed by atoms with Gasteiger partial charge in [0.2, 0.25) is 5.78 Å². The first kappa shape index (κ1) is 21.9. The van der Waals surface area contributed by atoms with Crippen LogP contribution in [0.1, 0.15) is 30.5 Å². The summed E-state index contributed by atoms with van der Waals surface area (Å²) in [5.41, 5.74) is 2.47. The van der Waals surface area contributed by atoms with Crippen LogP contribution in [0.5, 0.6) is 5.75 Å². The number of ether oxygens (including phenoxy) is 3. The van der Waals surface area contributed by atoms with Gasteiger partial charge in [0.15, 0.2) is 6.61 Å². The van der Waals surface area contributed by atoms with E-state index in [1.165, 1.54) is 13.0 Å². The van der Waals surface area contributed by atoms with Gasteiger partial charge in [0.05, 0.1) is 6.61 Å². The molecule has 29 heavy (non-hydrogen) atoms. The van der Waals surface area contributed by atoms with Gasteiger partial charge in [-0.1, -0.05) is 42.5 Å². The Morgan fingerprint density at radius 1 is 0.966 bits per heavy atom. The van der Waals surface area contributed by atoms with Crippen molar-refractivity contribution in [3.05, 3.63) is 70.8 Å². The molecule has 2 rings (SSSR count). The van der Waals surface area contributed by atoms with Gasteiger partial charge in [0.25, 0.3) is 0 Å². The topological polar surface area (TPSA) is 78.9 Å². The van der Waals surface area contributed by atoms with Crippen LogP contribution in [0, 0.1) is 6.92 Å². The quantitative estimate of drug-likeness (QED) is 0.279. The summed E-state index contributed by atoms with van der Waals surface area (Å²) in [5.74, 6) is -1.52. The number of benzene rings is 2. The lowest BCUT2D eigenvalue weighted by Gasteiger charge is -2.12. The summed E-state index contributed by atoms with van der Waals surface area (Å²) in [6.45, 7) is 4.75. The van der Waals surface area contributed by atoms with Crippen molar-refractivity contribution < 1.29 is 28.6 Å². The molecule has 152 valence electrons. The molecule has 2 aromatic rings. The minimum absolute atomic E-state index is 0.114. The first-order chi connectivity index (χ1) is 13.9. The average molecular weight is 396 g/mol. The number of Topliss-reactive ketones (excluding diaryl/α,β-unsaturated/α-hetero) is 1. The molecule has 0 saturated heterocycles. The number of ketones is 1. The van der Waals surface area contributed by atoms with Crippen molar-refractivity contribution >= 4 is 23.8 Å². The van der Waals surface area contributed by atoms with Crippen molar-refractivity contribution in [2.24, 2.45) is 0 Å². The van der Waals surface area contributed by atoms with Crippen LogP contribution in [-0.2, 0) is 30.5 Å². The number of para-hydroxylation sites is 1. The normalized spacial score (nSPS) is 10.9. The molecule has 0 radical (unpaired) electrons. The van der Waals surface area contributed by atoms with E-state index in [1.807, 2.05) is 31.2 Å². The average Bonchev–Trinajstić information content (AvgIpc) is 2.70. The van der Waals surface area contributed by atoms with Gasteiger partial charge in [0.1, 0.15) is 17.9 Å². The van der Waals surface area contributed by atoms with Crippen molar-refractivity contribution in [2.45, 2.75) is 27.4 Å². The van der Waals surface area contributed by atoms with Gasteiger partial charge < -0.3 is 14.2 Å². The van der Waals surface area contributed by atoms with E-state index in [4.69, 9.17) is 14.2 Å². The standard InChI is InChI=1S/C23H24O6/c1-4-27-23(26)20(21(25)15-28-17(3)24)13-18-10-7-8-12-22(18)29-14-19-11-6-5-9-16(19)2/h5-13H,4,14-15H2,1-3H3. The SMILES string of the molecule is CCOC(=O)C(=Cc1ccccc1OCc1ccccc1C)C(=O)COC(C)=O. The Labute approximate surface area is 170 Å². The van der Waals surface area contributed by atoms with Gasteiger partial charge >= 0.3 is 11.9 Å². The molecule has 0 aliphatic heterocycles. The molecule has 0 saturated carbocycles. The summed E-state index contributed by atoms with van der Waals surface area (Å²) >= 11 is 0. The van der Waals surface area contributed by atoms with Crippen molar-refractivity contribution in [3.63, 3.8) is 0 Å². The van der Waals surface area contributed by atoms with Gasteiger partial charge in [-0.2, -0.15) is 0 Å². The molecule has 6 nitrogen and oxygen atoms in total. The van der Waals surface area contributed by atoms with Crippen LogP contribution in [0.25, 0.3) is 6.08 Å². The third kappa shape index (κ3) is 6.60. The largest absolute Gasteiger partial charge is 0.488 e. The number of aryl methyl sites for hydroxylation is 1. The molecule has 0 aromatic heterocycles. The van der Waals surface area contributed by atoms with E-state index in [1.54, 1.807) is 31.2 Å². The van der Waals surface area contributed by atoms with Gasteiger partial charge in [0, 0.05) is 12.5 Å². The van der Waals surface area contributed by atoms with Gasteiger partial charge in [-0.05, 0) is 37.1 Å². The third-order valence-corrected chi connectivity index (χ3v) is 4.07. The molecule has 0 bridgehead atoms. The Morgan fingerprint density at radius 3 is 2.34 bits per heavy atom. The predicted molar refractivity (Wildman–Crippen MR) is 108 cm³/mol. The van der Waals surface area contributed by atoms with E-state index < -0.39 is 24.3 Å². The number of hydrogen-bond acceptors (Lipinski definition) is 6. The monoisotopic (exact) mass is 396 g/mol. The molecular weight excluding hydrogens is 372 g/mol. The minimum atomic E-state index is -0.779. The minimum Gasteiger partial charge on any atom is -0.488 e. The second kappa shape index (κ2) is 10.8. The molecule has 0 atom stereocenters. The predicted octanol–water partition coefficient (Wildman–Crippen LogP) is 3.65. The molecular formula is C23H24O6. The van der Waals surface area contributed by atoms with Crippen molar-refractivity contribution in [2.75, 3.05) is 13.2 Å². The molecule has 0 aliphatic carbocycles. The second-order valence-corrected chi connectivity index (χ2v) is 6.23. The lowest BCUT2D eigenvalue weighted by atomic mass is 10.1. The van der Waals surface area contributed by atoms with Gasteiger partial charge in [-0.15, -0.1) is 0 Å². The molecule has 0 amide bonds. The Kier molecular flexibility index (Phi) is 8.15. The molecule has 0 aliphatic rings. The first-order valence-corrected chi connectivity index (χ1v) is 9.24. The van der Waals surface area contributed by atoms with Crippen molar-refractivity contribution in [1.82, 2.24) is 0 Å². The van der Waals surface area contributed by atoms with E-state index in [0.717, 1.165) is 11.1 Å². The van der Waals surface area contributed by atoms with E-state index >= 15 is 0 Å². The summed E-state index contributed by atoms with van der Waals surface area (Å²) in [5, 5.41) is 0. The highest BCUT2D eigenvalue weighted by atomic mass is 16.5. The van der Waals surface area contributed by atoms with E-state index in [2.05, 4.69) is 0 Å². The van der Waals surface area contributed by atoms with E-state index in [-0.39, 0.29) is 12.2 Å². The molecule has 6 heteroatoms. The fourth-order valence-corrected chi connectivity index (χ4v) is 2.52. The van der Waals surface area contributed by atoms with Gasteiger partial charge in [-0.3, -0.25) is 9.59 Å². The van der Waals surface area contributed by atoms with Crippen LogP contribution in [0.2, 0.25) is 0 Å². The Bertz CT molecular complexity index is 913. The summed E-state index contributed by atoms with van der Waals surface area (Å²) in [4.78, 5) is 35.7. The van der Waals surface area contributed by atoms with Crippen molar-refractivity contribution in [3.8, 4) is 5.75 Å². The Balaban J connectivity index is 2.30. The summed E-state index contributed by atoms with van der Waals surface area (Å²) < 4.78 is 15.6. The van der Waals surface area contributed by atoms with E-state index in [9.17, 15) is 14.4 Å². The number of hydrogen-bond donors (Lipinski definition) is 0. The number of carbonyl (C=O) groups excluding carboxylic acids is 3. The smallest absolute Gasteiger partial charge is 0.341 e. The zero-order valence-corrected chi connectivity index (χ0v) is 16.8. The van der Waals surface area contributed by atoms with Crippen LogP contribution in [0.3, 0.4) is 0 Å². The lowest BCUT2D eigenvalue weighted by molar-refractivity contribution is -0.147. The highest BCUT2D eigenvalue weighted by Gasteiger charge is 2.21. The summed E-state index contributed by atoms with van der Waals surface area (Å²) in [6.07, 6.45) is 1.40. The van der Waals surface area contributed by atoms with Crippen LogP contribution >= 0.6 is 0 Å². The number of esters is 2. The highest BCUT2D eigenvalue weighted by molar-refractivity contribution is 6.21. The zero-order chi connectivity index (χ0) is 21.2. The van der Waals surface area contributed by atoms with Crippen LogP contribution < -0.4 is 4.74 Å². The zero-order valence-electron chi connectivity index (χ0n) is 16.8. The third-order valence-electron chi connectivity index (χ3n) is 4.07. The van der Waals surface area contributed by atoms with Crippen LogP contribution in [0.15, 0.2) is 54.1 Å². The highest BCUT2D eigenvalue weighted by Crippen LogP contribution is 2.23. The summed E-state index contributed by atoms with van der Waals surface area (Å²) in [7, 11) is 0. The number of carbonyl (C=O) groups is 3. The molecule has 2 aromatic carbocycles. The first-order valence-electron chi connectivity index (χ1n) is 9.24. The maximum Gasteiger partial charge on any atom is 0.341 e. The molecule has 0 fully saturated rings. The molecule has 0 N–H and O–H groups in total. The molecule has 0 heterocycles.